The average molecular weight is 178 g/mol. The molecule has 11 heavy (non-hydrogen) atoms. The fourth-order valence-corrected chi connectivity index (χ4v) is 1.15. The van der Waals surface area contributed by atoms with Crippen molar-refractivity contribution in [3.05, 3.63) is 0 Å². The first-order valence-electron chi connectivity index (χ1n) is 3.03. The molecule has 0 saturated carbocycles. The zero-order chi connectivity index (χ0) is 8.91. The highest BCUT2D eigenvalue weighted by atomic mass is 32.2. The second-order valence-corrected chi connectivity index (χ2v) is 4.02. The van der Waals surface area contributed by atoms with Gasteiger partial charge in [0.15, 0.2) is 5.25 Å². The maximum Gasteiger partial charge on any atom is 0.227 e. The second-order valence-electron chi connectivity index (χ2n) is 1.93. The third-order valence-electron chi connectivity index (χ3n) is 1.06. The topological polar surface area (TPSA) is 90.2 Å². The van der Waals surface area contributed by atoms with Crippen molar-refractivity contribution in [2.75, 3.05) is 13.2 Å². The van der Waals surface area contributed by atoms with Crippen molar-refractivity contribution in [1.29, 1.82) is 5.26 Å². The Hall–Kier alpha value is -0.640. The van der Waals surface area contributed by atoms with Crippen molar-refractivity contribution in [3.63, 3.8) is 0 Å². The van der Waals surface area contributed by atoms with Crippen molar-refractivity contribution in [2.24, 2.45) is 0 Å². The molecule has 0 aliphatic rings. The van der Waals surface area contributed by atoms with Gasteiger partial charge in [0, 0.05) is 6.54 Å². The predicted octanol–water partition coefficient (Wildman–Crippen LogP) is -1.19. The van der Waals surface area contributed by atoms with Crippen molar-refractivity contribution >= 4 is 10.0 Å². The van der Waals surface area contributed by atoms with E-state index in [1.54, 1.807) is 6.07 Å². The van der Waals surface area contributed by atoms with Crippen LogP contribution in [-0.4, -0.2) is 31.9 Å². The van der Waals surface area contributed by atoms with Crippen molar-refractivity contribution in [3.8, 4) is 6.07 Å². The number of rotatable bonds is 4. The normalized spacial score (nSPS) is 13.9. The molecular formula is C5H10N2O3S. The lowest BCUT2D eigenvalue weighted by Gasteiger charge is -2.04. The van der Waals surface area contributed by atoms with E-state index in [0.717, 1.165) is 0 Å². The monoisotopic (exact) mass is 178 g/mol. The van der Waals surface area contributed by atoms with E-state index in [-0.39, 0.29) is 13.2 Å². The maximum absolute atomic E-state index is 10.9. The number of aliphatic hydroxyl groups excluding tert-OH is 1. The Kier molecular flexibility index (Phi) is 4.03. The summed E-state index contributed by atoms with van der Waals surface area (Å²) in [5.74, 6) is 0. The number of nitrogens with one attached hydrogen (secondary N) is 1. The Balaban J connectivity index is 4.15. The lowest BCUT2D eigenvalue weighted by molar-refractivity contribution is 0.301. The van der Waals surface area contributed by atoms with Crippen LogP contribution in [0.4, 0.5) is 0 Å². The average Bonchev–Trinajstić information content (AvgIpc) is 1.99. The number of hydrogen-bond donors (Lipinski definition) is 2. The first-order chi connectivity index (χ1) is 5.04. The number of sulfonamides is 1. The molecule has 5 nitrogen and oxygen atoms in total. The Morgan fingerprint density at radius 2 is 2.27 bits per heavy atom. The second kappa shape index (κ2) is 4.28. The molecule has 0 rings (SSSR count). The first-order valence-corrected chi connectivity index (χ1v) is 4.58. The lowest BCUT2D eigenvalue weighted by Crippen LogP contribution is -2.33. The third-order valence-corrected chi connectivity index (χ3v) is 2.71. The molecule has 0 bridgehead atoms. The predicted molar refractivity (Wildman–Crippen MR) is 39.1 cm³/mol. The van der Waals surface area contributed by atoms with E-state index in [0.29, 0.717) is 0 Å². The van der Waals surface area contributed by atoms with Gasteiger partial charge in [-0.3, -0.25) is 0 Å². The molecule has 0 aliphatic carbocycles. The van der Waals surface area contributed by atoms with E-state index in [9.17, 15) is 8.42 Å². The van der Waals surface area contributed by atoms with Crippen molar-refractivity contribution in [2.45, 2.75) is 12.2 Å². The molecule has 64 valence electrons. The van der Waals surface area contributed by atoms with E-state index < -0.39 is 15.3 Å². The molecule has 2 N–H and O–H groups in total. The molecule has 6 heteroatoms. The number of hydrogen-bond acceptors (Lipinski definition) is 4. The minimum atomic E-state index is -3.54. The largest absolute Gasteiger partial charge is 0.395 e. The molecule has 0 spiro atoms. The van der Waals surface area contributed by atoms with Crippen LogP contribution in [0.1, 0.15) is 6.92 Å². The molecule has 0 aliphatic heterocycles. The van der Waals surface area contributed by atoms with Gasteiger partial charge in [0.05, 0.1) is 12.7 Å². The smallest absolute Gasteiger partial charge is 0.227 e. The van der Waals surface area contributed by atoms with Gasteiger partial charge in [-0.25, -0.2) is 13.1 Å². The van der Waals surface area contributed by atoms with Gasteiger partial charge in [-0.2, -0.15) is 5.26 Å². The molecular weight excluding hydrogens is 168 g/mol. The number of aliphatic hydroxyl groups is 1. The molecule has 0 aromatic carbocycles. The molecule has 0 radical (unpaired) electrons. The van der Waals surface area contributed by atoms with Crippen molar-refractivity contribution in [1.82, 2.24) is 4.72 Å². The zero-order valence-corrected chi connectivity index (χ0v) is 6.93. The van der Waals surface area contributed by atoms with Crippen LogP contribution < -0.4 is 4.72 Å². The Labute approximate surface area is 65.7 Å². The summed E-state index contributed by atoms with van der Waals surface area (Å²) in [6, 6.07) is 1.58. The van der Waals surface area contributed by atoms with E-state index in [1.165, 1.54) is 6.92 Å². The lowest BCUT2D eigenvalue weighted by atomic mass is 10.5. The van der Waals surface area contributed by atoms with Crippen LogP contribution >= 0.6 is 0 Å². The molecule has 0 fully saturated rings. The van der Waals surface area contributed by atoms with Gasteiger partial charge >= 0.3 is 0 Å². The van der Waals surface area contributed by atoms with Gasteiger partial charge in [-0.05, 0) is 6.92 Å². The molecule has 1 atom stereocenters. The van der Waals surface area contributed by atoms with Crippen LogP contribution in [0.25, 0.3) is 0 Å². The SMILES string of the molecule is CC(C#N)S(=O)(=O)NCCO. The van der Waals surface area contributed by atoms with Gasteiger partial charge in [0.2, 0.25) is 10.0 Å². The summed E-state index contributed by atoms with van der Waals surface area (Å²) in [6.07, 6.45) is 0. The number of nitrogens with zero attached hydrogens (tertiary/aromatic N) is 1. The van der Waals surface area contributed by atoms with Gasteiger partial charge in [-0.15, -0.1) is 0 Å². The zero-order valence-electron chi connectivity index (χ0n) is 6.11. The summed E-state index contributed by atoms with van der Waals surface area (Å²) in [5, 5.41) is 15.4. The minimum Gasteiger partial charge on any atom is -0.395 e. The Morgan fingerprint density at radius 3 is 2.64 bits per heavy atom. The first kappa shape index (κ1) is 10.4. The molecule has 0 amide bonds. The Morgan fingerprint density at radius 1 is 1.73 bits per heavy atom. The summed E-state index contributed by atoms with van der Waals surface area (Å²) in [7, 11) is -3.54. The molecule has 0 saturated heterocycles. The van der Waals surface area contributed by atoms with Crippen LogP contribution in [0, 0.1) is 11.3 Å². The Bertz CT molecular complexity index is 241. The van der Waals surface area contributed by atoms with Gasteiger partial charge in [0.25, 0.3) is 0 Å². The van der Waals surface area contributed by atoms with Gasteiger partial charge in [0.1, 0.15) is 0 Å². The van der Waals surface area contributed by atoms with Crippen molar-refractivity contribution < 1.29 is 13.5 Å². The van der Waals surface area contributed by atoms with E-state index in [2.05, 4.69) is 4.72 Å². The van der Waals surface area contributed by atoms with E-state index in [4.69, 9.17) is 10.4 Å². The van der Waals surface area contributed by atoms with E-state index in [1.807, 2.05) is 0 Å². The van der Waals surface area contributed by atoms with Crippen LogP contribution in [0.2, 0.25) is 0 Å². The van der Waals surface area contributed by atoms with Crippen LogP contribution in [0.5, 0.6) is 0 Å². The molecule has 0 aromatic rings. The standard InChI is InChI=1S/C5H10N2O3S/c1-5(4-6)11(9,10)7-2-3-8/h5,7-8H,2-3H2,1H3. The van der Waals surface area contributed by atoms with Crippen LogP contribution in [-0.2, 0) is 10.0 Å². The third kappa shape index (κ3) is 3.32. The molecule has 0 heterocycles. The number of nitriles is 1. The fourth-order valence-electron chi connectivity index (χ4n) is 0.382. The highest BCUT2D eigenvalue weighted by molar-refractivity contribution is 7.90. The highest BCUT2D eigenvalue weighted by Gasteiger charge is 2.18. The van der Waals surface area contributed by atoms with Gasteiger partial charge in [-0.1, -0.05) is 0 Å². The maximum atomic E-state index is 10.9. The summed E-state index contributed by atoms with van der Waals surface area (Å²) in [4.78, 5) is 0. The quantitative estimate of drug-likeness (QED) is 0.566. The molecule has 0 aromatic heterocycles. The minimum absolute atomic E-state index is 0.0473. The van der Waals surface area contributed by atoms with Gasteiger partial charge < -0.3 is 5.11 Å². The van der Waals surface area contributed by atoms with Crippen LogP contribution in [0.3, 0.4) is 0 Å². The summed E-state index contributed by atoms with van der Waals surface area (Å²) >= 11 is 0. The fraction of sp³-hybridized carbons (Fsp3) is 0.800. The summed E-state index contributed by atoms with van der Waals surface area (Å²) < 4.78 is 23.8. The highest BCUT2D eigenvalue weighted by Crippen LogP contribution is 1.94. The molecule has 1 unspecified atom stereocenters. The van der Waals surface area contributed by atoms with Crippen LogP contribution in [0.15, 0.2) is 0 Å². The summed E-state index contributed by atoms with van der Waals surface area (Å²) in [5.41, 5.74) is 0. The summed E-state index contributed by atoms with van der Waals surface area (Å²) in [6.45, 7) is 0.964. The van der Waals surface area contributed by atoms with E-state index >= 15 is 0 Å².